The van der Waals surface area contributed by atoms with E-state index in [9.17, 15) is 14.4 Å². The van der Waals surface area contributed by atoms with Crippen molar-refractivity contribution in [3.63, 3.8) is 0 Å². The molecule has 8 heteroatoms. The Morgan fingerprint density at radius 3 is 2.52 bits per heavy atom. The molecule has 2 heterocycles. The monoisotopic (exact) mass is 392 g/mol. The van der Waals surface area contributed by atoms with Crippen LogP contribution in [0.4, 0.5) is 0 Å². The Labute approximate surface area is 163 Å². The van der Waals surface area contributed by atoms with Crippen LogP contribution in [0.15, 0.2) is 52.2 Å². The van der Waals surface area contributed by atoms with Crippen molar-refractivity contribution in [3.8, 4) is 0 Å². The lowest BCUT2D eigenvalue weighted by Crippen LogP contribution is -2.45. The highest BCUT2D eigenvalue weighted by molar-refractivity contribution is 5.85. The second-order valence-corrected chi connectivity index (χ2v) is 6.87. The maximum Gasteiger partial charge on any atom is 0.331 e. The van der Waals surface area contributed by atoms with Gasteiger partial charge in [-0.15, -0.1) is 12.4 Å². The lowest BCUT2D eigenvalue weighted by Gasteiger charge is -2.22. The molecule has 0 spiro atoms. The summed E-state index contributed by atoms with van der Waals surface area (Å²) in [5, 5.41) is 0. The van der Waals surface area contributed by atoms with Crippen LogP contribution < -0.4 is 17.0 Å². The first-order chi connectivity index (χ1) is 12.5. The number of nitrogens with two attached hydrogens (primary N) is 1. The third kappa shape index (κ3) is 4.67. The fraction of sp³-hybridized carbons (Fsp3) is 0.421. The van der Waals surface area contributed by atoms with Gasteiger partial charge in [0.1, 0.15) is 6.54 Å². The van der Waals surface area contributed by atoms with Crippen LogP contribution in [-0.4, -0.2) is 39.1 Å². The predicted octanol–water partition coefficient (Wildman–Crippen LogP) is 0.676. The van der Waals surface area contributed by atoms with Gasteiger partial charge in [-0.25, -0.2) is 4.79 Å². The number of amides is 1. The number of nitrogens with zero attached hydrogens (tertiary/aromatic N) is 3. The zero-order chi connectivity index (χ0) is 18.7. The average molecular weight is 393 g/mol. The molecule has 1 saturated heterocycles. The van der Waals surface area contributed by atoms with Gasteiger partial charge in [-0.2, -0.15) is 0 Å². The zero-order valence-corrected chi connectivity index (χ0v) is 16.1. The SMILES string of the molecule is CC1CC(CN)CN1C(=O)Cn1c(=O)ccn(Cc2ccccc2)c1=O.Cl. The van der Waals surface area contributed by atoms with E-state index in [0.717, 1.165) is 16.6 Å². The zero-order valence-electron chi connectivity index (χ0n) is 15.3. The average Bonchev–Trinajstić information content (AvgIpc) is 3.03. The molecule has 3 rings (SSSR count). The Morgan fingerprint density at radius 2 is 1.89 bits per heavy atom. The van der Waals surface area contributed by atoms with Gasteiger partial charge in [-0.05, 0) is 31.4 Å². The molecule has 2 atom stereocenters. The van der Waals surface area contributed by atoms with E-state index in [1.165, 1.54) is 16.8 Å². The third-order valence-corrected chi connectivity index (χ3v) is 4.94. The van der Waals surface area contributed by atoms with E-state index in [0.29, 0.717) is 19.6 Å². The van der Waals surface area contributed by atoms with Gasteiger partial charge in [-0.3, -0.25) is 18.7 Å². The maximum atomic E-state index is 12.7. The van der Waals surface area contributed by atoms with Gasteiger partial charge in [0.25, 0.3) is 5.56 Å². The molecule has 1 amide bonds. The quantitative estimate of drug-likeness (QED) is 0.810. The van der Waals surface area contributed by atoms with E-state index in [1.54, 1.807) is 4.90 Å². The van der Waals surface area contributed by atoms with Crippen LogP contribution in [0, 0.1) is 5.92 Å². The third-order valence-electron chi connectivity index (χ3n) is 4.94. The summed E-state index contributed by atoms with van der Waals surface area (Å²) in [6.07, 6.45) is 2.33. The van der Waals surface area contributed by atoms with Crippen molar-refractivity contribution in [2.24, 2.45) is 11.7 Å². The molecule has 2 aromatic rings. The summed E-state index contributed by atoms with van der Waals surface area (Å²) in [5.41, 5.74) is 5.72. The molecule has 1 aromatic heterocycles. The topological polar surface area (TPSA) is 90.3 Å². The molecule has 0 saturated carbocycles. The van der Waals surface area contributed by atoms with Crippen molar-refractivity contribution >= 4 is 18.3 Å². The van der Waals surface area contributed by atoms with Crippen LogP contribution in [0.3, 0.4) is 0 Å². The first-order valence-corrected chi connectivity index (χ1v) is 8.83. The number of carbonyl (C=O) groups excluding carboxylic acids is 1. The van der Waals surface area contributed by atoms with Crippen LogP contribution in [0.5, 0.6) is 0 Å². The predicted molar refractivity (Wildman–Crippen MR) is 106 cm³/mol. The Kier molecular flexibility index (Phi) is 6.98. The number of hydrogen-bond acceptors (Lipinski definition) is 4. The molecule has 27 heavy (non-hydrogen) atoms. The number of aromatic nitrogens is 2. The van der Waals surface area contributed by atoms with Crippen LogP contribution in [0.25, 0.3) is 0 Å². The molecule has 2 N–H and O–H groups in total. The fourth-order valence-corrected chi connectivity index (χ4v) is 3.49. The molecule has 1 aliphatic heterocycles. The van der Waals surface area contributed by atoms with E-state index in [4.69, 9.17) is 5.73 Å². The number of likely N-dealkylation sites (tertiary alicyclic amines) is 1. The summed E-state index contributed by atoms with van der Waals surface area (Å²) in [6, 6.07) is 10.9. The molecular formula is C19H25ClN4O3. The van der Waals surface area contributed by atoms with Crippen LogP contribution in [-0.2, 0) is 17.9 Å². The van der Waals surface area contributed by atoms with Gasteiger partial charge < -0.3 is 10.6 Å². The number of benzene rings is 1. The van der Waals surface area contributed by atoms with Gasteiger partial charge in [0.15, 0.2) is 0 Å². The number of rotatable bonds is 5. The summed E-state index contributed by atoms with van der Waals surface area (Å²) >= 11 is 0. The molecular weight excluding hydrogens is 368 g/mol. The number of halogens is 1. The van der Waals surface area contributed by atoms with Crippen LogP contribution in [0.1, 0.15) is 18.9 Å². The Hall–Kier alpha value is -2.38. The minimum Gasteiger partial charge on any atom is -0.338 e. The van der Waals surface area contributed by atoms with Crippen molar-refractivity contribution in [3.05, 3.63) is 69.0 Å². The molecule has 1 fully saturated rings. The minimum atomic E-state index is -0.475. The van der Waals surface area contributed by atoms with Crippen molar-refractivity contribution < 1.29 is 4.79 Å². The van der Waals surface area contributed by atoms with Crippen molar-refractivity contribution in [2.45, 2.75) is 32.5 Å². The van der Waals surface area contributed by atoms with Gasteiger partial charge in [0, 0.05) is 24.8 Å². The highest BCUT2D eigenvalue weighted by Gasteiger charge is 2.31. The molecule has 7 nitrogen and oxygen atoms in total. The summed E-state index contributed by atoms with van der Waals surface area (Å²) in [5.74, 6) is 0.0568. The van der Waals surface area contributed by atoms with E-state index >= 15 is 0 Å². The van der Waals surface area contributed by atoms with E-state index in [2.05, 4.69) is 0 Å². The van der Waals surface area contributed by atoms with Crippen molar-refractivity contribution in [2.75, 3.05) is 13.1 Å². The summed E-state index contributed by atoms with van der Waals surface area (Å²) in [6.45, 7) is 3.19. The van der Waals surface area contributed by atoms with Gasteiger partial charge in [0.05, 0.1) is 6.54 Å². The molecule has 1 aliphatic rings. The number of hydrogen-bond donors (Lipinski definition) is 1. The normalized spacial score (nSPS) is 19.0. The van der Waals surface area contributed by atoms with Crippen LogP contribution >= 0.6 is 12.4 Å². The molecule has 1 aromatic carbocycles. The van der Waals surface area contributed by atoms with Crippen molar-refractivity contribution in [1.82, 2.24) is 14.0 Å². The highest BCUT2D eigenvalue weighted by Crippen LogP contribution is 2.22. The minimum absolute atomic E-state index is 0. The first-order valence-electron chi connectivity index (χ1n) is 8.83. The maximum absolute atomic E-state index is 12.7. The first kappa shape index (κ1) is 20.9. The Balaban J connectivity index is 0.00000261. The van der Waals surface area contributed by atoms with Gasteiger partial charge >= 0.3 is 5.69 Å². The molecule has 146 valence electrons. The highest BCUT2D eigenvalue weighted by atomic mass is 35.5. The Morgan fingerprint density at radius 1 is 1.19 bits per heavy atom. The van der Waals surface area contributed by atoms with Gasteiger partial charge in [-0.1, -0.05) is 30.3 Å². The molecule has 2 unspecified atom stereocenters. The molecule has 0 radical (unpaired) electrons. The summed E-state index contributed by atoms with van der Waals surface area (Å²) < 4.78 is 2.45. The second kappa shape index (κ2) is 9.01. The largest absolute Gasteiger partial charge is 0.338 e. The smallest absolute Gasteiger partial charge is 0.331 e. The van der Waals surface area contributed by atoms with Gasteiger partial charge in [0.2, 0.25) is 5.91 Å². The Bertz CT molecular complexity index is 894. The lowest BCUT2D eigenvalue weighted by atomic mass is 10.1. The summed E-state index contributed by atoms with van der Waals surface area (Å²) in [7, 11) is 0. The number of carbonyl (C=O) groups is 1. The van der Waals surface area contributed by atoms with E-state index in [-0.39, 0.29) is 36.8 Å². The van der Waals surface area contributed by atoms with Crippen molar-refractivity contribution in [1.29, 1.82) is 0 Å². The van der Waals surface area contributed by atoms with Crippen LogP contribution in [0.2, 0.25) is 0 Å². The lowest BCUT2D eigenvalue weighted by molar-refractivity contribution is -0.132. The molecule has 0 bridgehead atoms. The fourth-order valence-electron chi connectivity index (χ4n) is 3.49. The van der Waals surface area contributed by atoms with E-state index in [1.807, 2.05) is 37.3 Å². The van der Waals surface area contributed by atoms with E-state index < -0.39 is 11.2 Å². The second-order valence-electron chi connectivity index (χ2n) is 6.87. The summed E-state index contributed by atoms with van der Waals surface area (Å²) in [4.78, 5) is 39.2. The molecule has 0 aliphatic carbocycles. The standard InChI is InChI=1S/C19H24N4O3.ClH/c1-14-9-16(10-20)12-22(14)18(25)13-23-17(24)7-8-21(19(23)26)11-15-5-3-2-4-6-15;/h2-8,14,16H,9-13,20H2,1H3;1H.